The van der Waals surface area contributed by atoms with Crippen molar-refractivity contribution in [1.82, 2.24) is 15.2 Å². The van der Waals surface area contributed by atoms with Gasteiger partial charge in [0.05, 0.1) is 6.42 Å². The smallest absolute Gasteiger partial charge is 0.304 e. The molecule has 12 heteroatoms. The first-order chi connectivity index (χ1) is 12.8. The first-order valence-corrected chi connectivity index (χ1v) is 9.45. The summed E-state index contributed by atoms with van der Waals surface area (Å²) in [5.41, 5.74) is 5.88. The van der Waals surface area contributed by atoms with E-state index in [-0.39, 0.29) is 28.9 Å². The third kappa shape index (κ3) is 3.53. The van der Waals surface area contributed by atoms with Gasteiger partial charge >= 0.3 is 5.97 Å². The molecule has 3 rings (SSSR count). The van der Waals surface area contributed by atoms with Crippen molar-refractivity contribution in [3.8, 4) is 0 Å². The molecule has 0 aromatic carbocycles. The lowest BCUT2D eigenvalue weighted by Gasteiger charge is -2.49. The largest absolute Gasteiger partial charge is 0.481 e. The van der Waals surface area contributed by atoms with Gasteiger partial charge in [0.15, 0.2) is 10.8 Å². The lowest BCUT2D eigenvalue weighted by Crippen LogP contribution is -2.69. The van der Waals surface area contributed by atoms with Gasteiger partial charge in [0, 0.05) is 16.8 Å². The number of carboxylic acid groups (broad SMARTS) is 1. The van der Waals surface area contributed by atoms with Crippen molar-refractivity contribution < 1.29 is 24.7 Å². The number of nitrogen functional groups attached to an aromatic ring is 1. The van der Waals surface area contributed by atoms with Crippen molar-refractivity contribution in [2.24, 2.45) is 5.16 Å². The summed E-state index contributed by atoms with van der Waals surface area (Å²) in [5.74, 6) is -2.12. The zero-order valence-corrected chi connectivity index (χ0v) is 15.4. The molecule has 3 atom stereocenters. The minimum atomic E-state index is -0.976. The first kappa shape index (κ1) is 18.9. The fourth-order valence-electron chi connectivity index (χ4n) is 2.72. The molecule has 1 fully saturated rings. The van der Waals surface area contributed by atoms with Gasteiger partial charge in [-0.15, -0.1) is 23.1 Å². The number of aliphatic carboxylic acids is 1. The molecule has 5 N–H and O–H groups in total. The van der Waals surface area contributed by atoms with E-state index in [0.717, 1.165) is 11.3 Å². The number of carbonyl (C=O) groups excluding carboxylic acids is 2. The molecular weight excluding hydrogens is 394 g/mol. The van der Waals surface area contributed by atoms with E-state index >= 15 is 0 Å². The Balaban J connectivity index is 1.74. The van der Waals surface area contributed by atoms with Gasteiger partial charge in [0.1, 0.15) is 17.1 Å². The van der Waals surface area contributed by atoms with Gasteiger partial charge < -0.3 is 26.3 Å². The number of aromatic nitrogens is 1. The number of fused-ring (bicyclic) bond motifs is 1. The monoisotopic (exact) mass is 409 g/mol. The van der Waals surface area contributed by atoms with E-state index in [4.69, 9.17) is 16.0 Å². The SMILES string of the molecule is C=CC1=CN2C(=O)C(NC(=O)C(=NO)c3csc(N)n3)[C@H]2SC1CC(=O)O. The standard InChI is InChI=1S/C15H15N5O5S2/c1-2-6-4-20-13(24)11(14(20)27-8(6)3-9(21)22)18-12(23)10(19-25)7-5-26-15(16)17-7/h2,4-5,8,11,14,25H,1,3H2,(H2,16,17)(H,18,23)(H,21,22)/t8?,11?,14-/m1/s1. The third-order valence-corrected chi connectivity index (χ3v) is 6.22. The summed E-state index contributed by atoms with van der Waals surface area (Å²) in [6, 6.07) is -0.880. The average Bonchev–Trinajstić information content (AvgIpc) is 3.05. The van der Waals surface area contributed by atoms with Crippen molar-refractivity contribution in [3.05, 3.63) is 35.5 Å². The van der Waals surface area contributed by atoms with Gasteiger partial charge in [-0.3, -0.25) is 14.4 Å². The number of allylic oxidation sites excluding steroid dienone is 1. The maximum Gasteiger partial charge on any atom is 0.304 e. The highest BCUT2D eigenvalue weighted by Gasteiger charge is 2.51. The van der Waals surface area contributed by atoms with Gasteiger partial charge in [-0.1, -0.05) is 17.8 Å². The van der Waals surface area contributed by atoms with Crippen molar-refractivity contribution in [2.75, 3.05) is 5.73 Å². The normalized spacial score (nSPS) is 24.5. The number of rotatable bonds is 6. The topological polar surface area (TPSA) is 158 Å². The number of carbonyl (C=O) groups is 3. The van der Waals surface area contributed by atoms with Crippen LogP contribution in [-0.4, -0.2) is 60.4 Å². The quantitative estimate of drug-likeness (QED) is 0.225. The number of β-lactam (4-membered cyclic amide) rings is 1. The predicted molar refractivity (Wildman–Crippen MR) is 99.3 cm³/mol. The number of anilines is 1. The number of oxime groups is 1. The molecule has 1 aromatic heterocycles. The van der Waals surface area contributed by atoms with Crippen molar-refractivity contribution >= 4 is 51.7 Å². The third-order valence-electron chi connectivity index (χ3n) is 4.01. The second-order valence-corrected chi connectivity index (χ2v) is 7.88. The Morgan fingerprint density at radius 2 is 2.26 bits per heavy atom. The second-order valence-electron chi connectivity index (χ2n) is 5.66. The maximum atomic E-state index is 12.4. The number of hydrogen-bond acceptors (Lipinski definition) is 9. The molecule has 0 spiro atoms. The number of thioether (sulfide) groups is 1. The van der Waals surface area contributed by atoms with Crippen LogP contribution < -0.4 is 11.1 Å². The predicted octanol–water partition coefficient (Wildman–Crippen LogP) is 0.217. The van der Waals surface area contributed by atoms with E-state index < -0.39 is 28.5 Å². The molecule has 2 aliphatic heterocycles. The van der Waals surface area contributed by atoms with E-state index in [1.54, 1.807) is 6.20 Å². The van der Waals surface area contributed by atoms with Crippen LogP contribution in [0.2, 0.25) is 0 Å². The fourth-order valence-corrected chi connectivity index (χ4v) is 4.79. The molecule has 0 bridgehead atoms. The number of amides is 2. The number of carboxylic acids is 1. The minimum absolute atomic E-state index is 0.0926. The Bertz CT molecular complexity index is 880. The first-order valence-electron chi connectivity index (χ1n) is 7.63. The van der Waals surface area contributed by atoms with Gasteiger partial charge in [0.25, 0.3) is 11.8 Å². The van der Waals surface area contributed by atoms with Crippen LogP contribution in [0.4, 0.5) is 5.13 Å². The molecule has 2 unspecified atom stereocenters. The summed E-state index contributed by atoms with van der Waals surface area (Å²) in [4.78, 5) is 41.1. The van der Waals surface area contributed by atoms with Crippen LogP contribution in [0.25, 0.3) is 0 Å². The highest BCUT2D eigenvalue weighted by Crippen LogP contribution is 2.42. The van der Waals surface area contributed by atoms with Crippen molar-refractivity contribution in [3.63, 3.8) is 0 Å². The Morgan fingerprint density at radius 3 is 2.81 bits per heavy atom. The van der Waals surface area contributed by atoms with Crippen molar-refractivity contribution in [1.29, 1.82) is 0 Å². The number of hydrogen-bond donors (Lipinski definition) is 4. The van der Waals surface area contributed by atoms with E-state index in [2.05, 4.69) is 22.0 Å². The van der Waals surface area contributed by atoms with Crippen LogP contribution in [0.3, 0.4) is 0 Å². The molecule has 0 aliphatic carbocycles. The van der Waals surface area contributed by atoms with Crippen LogP contribution in [0.15, 0.2) is 35.0 Å². The van der Waals surface area contributed by atoms with Gasteiger partial charge in [0.2, 0.25) is 0 Å². The summed E-state index contributed by atoms with van der Waals surface area (Å²) in [7, 11) is 0. The molecule has 0 saturated carbocycles. The summed E-state index contributed by atoms with van der Waals surface area (Å²) >= 11 is 2.32. The average molecular weight is 409 g/mol. The number of thiazole rings is 1. The fraction of sp³-hybridized carbons (Fsp3) is 0.267. The molecule has 10 nitrogen and oxygen atoms in total. The zero-order chi connectivity index (χ0) is 19.7. The highest BCUT2D eigenvalue weighted by molar-refractivity contribution is 8.01. The molecule has 142 valence electrons. The Labute approximate surface area is 161 Å². The van der Waals surface area contributed by atoms with Crippen LogP contribution in [0.5, 0.6) is 0 Å². The summed E-state index contributed by atoms with van der Waals surface area (Å²) < 4.78 is 0. The van der Waals surface area contributed by atoms with E-state index in [0.29, 0.717) is 5.57 Å². The number of nitrogens with one attached hydrogen (secondary N) is 1. The van der Waals surface area contributed by atoms with Crippen LogP contribution in [0.1, 0.15) is 12.1 Å². The van der Waals surface area contributed by atoms with Crippen LogP contribution in [0, 0.1) is 0 Å². The molecule has 2 amide bonds. The van der Waals surface area contributed by atoms with E-state index in [9.17, 15) is 14.4 Å². The molecule has 3 heterocycles. The number of nitrogens with two attached hydrogens (primary N) is 1. The Morgan fingerprint density at radius 1 is 1.52 bits per heavy atom. The molecule has 1 aromatic rings. The van der Waals surface area contributed by atoms with Crippen LogP contribution in [-0.2, 0) is 14.4 Å². The lowest BCUT2D eigenvalue weighted by molar-refractivity contribution is -0.143. The molecule has 27 heavy (non-hydrogen) atoms. The number of nitrogens with zero attached hydrogens (tertiary/aromatic N) is 3. The Kier molecular flexibility index (Phi) is 5.19. The Hall–Kier alpha value is -2.86. The lowest BCUT2D eigenvalue weighted by atomic mass is 10.0. The molecule has 0 radical (unpaired) electrons. The summed E-state index contributed by atoms with van der Waals surface area (Å²) in [6.07, 6.45) is 2.93. The van der Waals surface area contributed by atoms with Gasteiger partial charge in [-0.05, 0) is 5.57 Å². The zero-order valence-electron chi connectivity index (χ0n) is 13.7. The van der Waals surface area contributed by atoms with Gasteiger partial charge in [-0.25, -0.2) is 4.98 Å². The van der Waals surface area contributed by atoms with Gasteiger partial charge in [-0.2, -0.15) is 0 Å². The summed E-state index contributed by atoms with van der Waals surface area (Å²) in [6.45, 7) is 3.65. The molecular formula is C15H15N5O5S2. The molecule has 2 aliphatic rings. The van der Waals surface area contributed by atoms with Crippen molar-refractivity contribution in [2.45, 2.75) is 23.1 Å². The minimum Gasteiger partial charge on any atom is -0.481 e. The highest BCUT2D eigenvalue weighted by atomic mass is 32.2. The molecule has 1 saturated heterocycles. The second kappa shape index (κ2) is 7.40. The summed E-state index contributed by atoms with van der Waals surface area (Å²) in [5, 5.41) is 24.5. The van der Waals surface area contributed by atoms with E-state index in [1.807, 2.05) is 0 Å². The van der Waals surface area contributed by atoms with E-state index in [1.165, 1.54) is 28.1 Å². The van der Waals surface area contributed by atoms with Crippen LogP contribution >= 0.6 is 23.1 Å². The maximum absolute atomic E-state index is 12.4.